The Balaban J connectivity index is 2.95. The molecule has 5 heteroatoms. The summed E-state index contributed by atoms with van der Waals surface area (Å²) in [5, 5.41) is 9.01. The van der Waals surface area contributed by atoms with Crippen molar-refractivity contribution in [3.05, 3.63) is 0 Å². The van der Waals surface area contributed by atoms with E-state index in [4.69, 9.17) is 5.11 Å². The number of hydrogen-bond acceptors (Lipinski definition) is 3. The fraction of sp³-hybridized carbons (Fsp3) is 1.00. The van der Waals surface area contributed by atoms with Crippen LogP contribution in [0.3, 0.4) is 0 Å². The van der Waals surface area contributed by atoms with E-state index >= 15 is 0 Å². The first-order valence-corrected chi connectivity index (χ1v) is 7.08. The van der Waals surface area contributed by atoms with Crippen LogP contribution in [0.5, 0.6) is 0 Å². The maximum absolute atomic E-state index is 11.9. The molecule has 0 saturated carbocycles. The zero-order valence-electron chi connectivity index (χ0n) is 9.73. The Hall–Kier alpha value is -0.130. The van der Waals surface area contributed by atoms with Crippen LogP contribution in [-0.2, 0) is 10.0 Å². The smallest absolute Gasteiger partial charge is 0.214 e. The number of aliphatic hydroxyl groups excluding tert-OH is 1. The monoisotopic (exact) mass is 235 g/mol. The lowest BCUT2D eigenvalue weighted by Gasteiger charge is -2.36. The second-order valence-electron chi connectivity index (χ2n) is 4.74. The molecule has 1 fully saturated rings. The zero-order valence-corrected chi connectivity index (χ0v) is 10.5. The molecule has 2 atom stereocenters. The number of nitrogens with zero attached hydrogens (tertiary/aromatic N) is 1. The molecule has 0 aromatic carbocycles. The Kier molecular flexibility index (Phi) is 3.79. The maximum Gasteiger partial charge on any atom is 0.214 e. The first-order chi connectivity index (χ1) is 6.85. The molecule has 1 N–H and O–H groups in total. The van der Waals surface area contributed by atoms with E-state index in [0.717, 1.165) is 6.42 Å². The van der Waals surface area contributed by atoms with Crippen molar-refractivity contribution in [3.8, 4) is 0 Å². The van der Waals surface area contributed by atoms with Gasteiger partial charge in [-0.25, -0.2) is 8.42 Å². The molecule has 0 radical (unpaired) electrons. The highest BCUT2D eigenvalue weighted by molar-refractivity contribution is 7.89. The molecule has 1 aliphatic heterocycles. The van der Waals surface area contributed by atoms with Crippen molar-refractivity contribution < 1.29 is 13.5 Å². The Morgan fingerprint density at radius 3 is 2.47 bits per heavy atom. The highest BCUT2D eigenvalue weighted by atomic mass is 32.2. The van der Waals surface area contributed by atoms with Crippen LogP contribution < -0.4 is 0 Å². The fourth-order valence-corrected chi connectivity index (χ4v) is 4.55. The lowest BCUT2D eigenvalue weighted by Crippen LogP contribution is -2.47. The molecule has 2 unspecified atom stereocenters. The van der Waals surface area contributed by atoms with Crippen LogP contribution in [0, 0.1) is 5.92 Å². The van der Waals surface area contributed by atoms with Crippen molar-refractivity contribution in [3.63, 3.8) is 0 Å². The molecule has 0 spiro atoms. The summed E-state index contributed by atoms with van der Waals surface area (Å²) < 4.78 is 25.4. The molecule has 15 heavy (non-hydrogen) atoms. The van der Waals surface area contributed by atoms with E-state index in [0.29, 0.717) is 13.0 Å². The highest BCUT2D eigenvalue weighted by Gasteiger charge is 2.43. The van der Waals surface area contributed by atoms with E-state index < -0.39 is 15.6 Å². The predicted molar refractivity (Wildman–Crippen MR) is 60.1 cm³/mol. The molecule has 0 aliphatic carbocycles. The van der Waals surface area contributed by atoms with Crippen molar-refractivity contribution in [1.82, 2.24) is 4.31 Å². The number of rotatable bonds is 4. The third kappa shape index (κ3) is 2.52. The molecule has 1 aliphatic rings. The van der Waals surface area contributed by atoms with Crippen LogP contribution in [0.15, 0.2) is 0 Å². The van der Waals surface area contributed by atoms with Gasteiger partial charge in [-0.05, 0) is 25.7 Å². The standard InChI is InChI=1S/C10H21NO3S/c1-4-10(3,5-6-12)11-7-9(2)8-15(11,13)14/h9,12H,4-8H2,1-3H3. The van der Waals surface area contributed by atoms with Crippen LogP contribution in [0.1, 0.15) is 33.6 Å². The van der Waals surface area contributed by atoms with Gasteiger partial charge in [-0.3, -0.25) is 0 Å². The Morgan fingerprint density at radius 2 is 2.13 bits per heavy atom. The molecule has 90 valence electrons. The summed E-state index contributed by atoms with van der Waals surface area (Å²) in [5.41, 5.74) is -0.418. The van der Waals surface area contributed by atoms with Crippen LogP contribution in [0.25, 0.3) is 0 Å². The quantitative estimate of drug-likeness (QED) is 0.785. The minimum atomic E-state index is -3.11. The average Bonchev–Trinajstić information content (AvgIpc) is 2.40. The largest absolute Gasteiger partial charge is 0.396 e. The van der Waals surface area contributed by atoms with Gasteiger partial charge in [0.25, 0.3) is 0 Å². The van der Waals surface area contributed by atoms with Gasteiger partial charge in [-0.15, -0.1) is 0 Å². The minimum absolute atomic E-state index is 0.0325. The van der Waals surface area contributed by atoms with Gasteiger partial charge in [0.2, 0.25) is 10.0 Å². The van der Waals surface area contributed by atoms with Gasteiger partial charge in [-0.1, -0.05) is 13.8 Å². The molecule has 0 amide bonds. The van der Waals surface area contributed by atoms with Crippen molar-refractivity contribution in [2.75, 3.05) is 18.9 Å². The number of hydrogen-bond donors (Lipinski definition) is 1. The van der Waals surface area contributed by atoms with Gasteiger partial charge in [0.1, 0.15) is 0 Å². The molecule has 4 nitrogen and oxygen atoms in total. The van der Waals surface area contributed by atoms with Gasteiger partial charge >= 0.3 is 0 Å². The Labute approximate surface area is 92.3 Å². The summed E-state index contributed by atoms with van der Waals surface area (Å²) in [6.45, 7) is 6.46. The van der Waals surface area contributed by atoms with Crippen LogP contribution in [0.2, 0.25) is 0 Å². The Morgan fingerprint density at radius 1 is 1.53 bits per heavy atom. The van der Waals surface area contributed by atoms with Gasteiger partial charge in [-0.2, -0.15) is 4.31 Å². The van der Waals surface area contributed by atoms with Crippen molar-refractivity contribution in [2.45, 2.75) is 39.2 Å². The normalized spacial score (nSPS) is 30.3. The van der Waals surface area contributed by atoms with Gasteiger partial charge in [0.05, 0.1) is 5.75 Å². The predicted octanol–water partition coefficient (Wildman–Crippen LogP) is 0.819. The Bertz CT molecular complexity index is 315. The number of aliphatic hydroxyl groups is 1. The molecule has 1 rings (SSSR count). The topological polar surface area (TPSA) is 57.6 Å². The number of sulfonamides is 1. The van der Waals surface area contributed by atoms with Gasteiger partial charge in [0.15, 0.2) is 0 Å². The van der Waals surface area contributed by atoms with E-state index in [1.807, 2.05) is 20.8 Å². The molecule has 0 aromatic rings. The summed E-state index contributed by atoms with van der Waals surface area (Å²) in [5.74, 6) is 0.438. The molecule has 1 saturated heterocycles. The van der Waals surface area contributed by atoms with E-state index in [1.165, 1.54) is 0 Å². The average molecular weight is 235 g/mol. The van der Waals surface area contributed by atoms with E-state index in [-0.39, 0.29) is 18.3 Å². The third-order valence-corrected chi connectivity index (χ3v) is 5.57. The van der Waals surface area contributed by atoms with E-state index in [9.17, 15) is 8.42 Å². The van der Waals surface area contributed by atoms with Crippen molar-refractivity contribution >= 4 is 10.0 Å². The summed E-state index contributed by atoms with van der Waals surface area (Å²) in [6.07, 6.45) is 1.25. The second kappa shape index (κ2) is 4.39. The van der Waals surface area contributed by atoms with E-state index in [2.05, 4.69) is 0 Å². The van der Waals surface area contributed by atoms with Gasteiger partial charge in [0, 0.05) is 18.7 Å². The maximum atomic E-state index is 11.9. The van der Waals surface area contributed by atoms with Crippen LogP contribution in [0.4, 0.5) is 0 Å². The lowest BCUT2D eigenvalue weighted by molar-refractivity contribution is 0.146. The fourth-order valence-electron chi connectivity index (χ4n) is 2.17. The summed E-state index contributed by atoms with van der Waals surface area (Å²) in [7, 11) is -3.11. The minimum Gasteiger partial charge on any atom is -0.396 e. The molecular weight excluding hydrogens is 214 g/mol. The highest BCUT2D eigenvalue weighted by Crippen LogP contribution is 2.32. The lowest BCUT2D eigenvalue weighted by atomic mass is 9.94. The molecule has 1 heterocycles. The second-order valence-corrected chi connectivity index (χ2v) is 6.68. The summed E-state index contributed by atoms with van der Waals surface area (Å²) >= 11 is 0. The molecule has 0 aromatic heterocycles. The SMILES string of the molecule is CCC(C)(CCO)N1CC(C)CS1(=O)=O. The zero-order chi connectivity index (χ0) is 11.7. The summed E-state index contributed by atoms with van der Waals surface area (Å²) in [4.78, 5) is 0. The van der Waals surface area contributed by atoms with Crippen LogP contribution in [-0.4, -0.2) is 42.3 Å². The first kappa shape index (κ1) is 12.9. The van der Waals surface area contributed by atoms with Crippen molar-refractivity contribution in [1.29, 1.82) is 0 Å². The molecular formula is C10H21NO3S. The van der Waals surface area contributed by atoms with E-state index in [1.54, 1.807) is 4.31 Å². The van der Waals surface area contributed by atoms with Gasteiger partial charge < -0.3 is 5.11 Å². The third-order valence-electron chi connectivity index (χ3n) is 3.32. The first-order valence-electron chi connectivity index (χ1n) is 5.47. The van der Waals surface area contributed by atoms with Crippen LogP contribution >= 0.6 is 0 Å². The summed E-state index contributed by atoms with van der Waals surface area (Å²) in [6, 6.07) is 0. The molecule has 0 bridgehead atoms. The van der Waals surface area contributed by atoms with Crippen molar-refractivity contribution in [2.24, 2.45) is 5.92 Å².